The Bertz CT molecular complexity index is 714. The maximum atomic E-state index is 11.6. The van der Waals surface area contributed by atoms with E-state index >= 15 is 0 Å². The molecule has 0 spiro atoms. The molecule has 0 aliphatic heterocycles. The third-order valence-electron chi connectivity index (χ3n) is 2.45. The quantitative estimate of drug-likeness (QED) is 0.463. The van der Waals surface area contributed by atoms with Gasteiger partial charge in [0.2, 0.25) is 0 Å². The van der Waals surface area contributed by atoms with Crippen LogP contribution in [-0.4, -0.2) is 23.6 Å². The van der Waals surface area contributed by atoms with E-state index in [1.807, 2.05) is 24.3 Å². The Morgan fingerprint density at radius 3 is 2.91 bits per heavy atom. The van der Waals surface area contributed by atoms with Crippen molar-refractivity contribution in [2.75, 3.05) is 11.9 Å². The Labute approximate surface area is 133 Å². The van der Waals surface area contributed by atoms with Gasteiger partial charge >= 0.3 is 5.88 Å². The molecule has 2 rings (SSSR count). The minimum absolute atomic E-state index is 0.0338. The molecule has 1 heterocycles. The first kappa shape index (κ1) is 15.7. The van der Waals surface area contributed by atoms with E-state index in [4.69, 9.17) is 4.42 Å². The minimum atomic E-state index is -0.655. The number of nitro groups is 1. The second-order valence-corrected chi connectivity index (χ2v) is 5.01. The summed E-state index contributed by atoms with van der Waals surface area (Å²) in [5.74, 6) is -0.576. The van der Waals surface area contributed by atoms with Gasteiger partial charge in [-0.3, -0.25) is 14.9 Å². The van der Waals surface area contributed by atoms with E-state index in [2.05, 4.69) is 31.8 Å². The van der Waals surface area contributed by atoms with Gasteiger partial charge < -0.3 is 9.73 Å². The number of benzene rings is 1. The lowest BCUT2D eigenvalue weighted by atomic mass is 10.3. The number of hydrogen-bond donors (Lipinski definition) is 2. The first-order valence-electron chi connectivity index (χ1n) is 6.10. The molecule has 22 heavy (non-hydrogen) atoms. The fourth-order valence-electron chi connectivity index (χ4n) is 1.50. The molecule has 2 N–H and O–H groups in total. The summed E-state index contributed by atoms with van der Waals surface area (Å²) in [5, 5.41) is 17.0. The summed E-state index contributed by atoms with van der Waals surface area (Å²) < 4.78 is 5.75. The largest absolute Gasteiger partial charge is 0.433 e. The SMILES string of the molecule is O=C(CNc1cccc(Br)c1)NN=Cc1ccc([N+](=O)[O-])o1. The third-order valence-corrected chi connectivity index (χ3v) is 2.94. The number of nitrogens with zero attached hydrogens (tertiary/aromatic N) is 2. The second kappa shape index (κ2) is 7.36. The molecule has 1 aromatic heterocycles. The summed E-state index contributed by atoms with van der Waals surface area (Å²) in [6.07, 6.45) is 1.18. The van der Waals surface area contributed by atoms with E-state index in [1.54, 1.807) is 0 Å². The normalized spacial score (nSPS) is 10.6. The molecule has 0 aliphatic carbocycles. The molecule has 9 heteroatoms. The fraction of sp³-hybridized carbons (Fsp3) is 0.0769. The van der Waals surface area contributed by atoms with Crippen LogP contribution >= 0.6 is 15.9 Å². The maximum absolute atomic E-state index is 11.6. The van der Waals surface area contributed by atoms with Crippen LogP contribution in [0, 0.1) is 10.1 Å². The summed E-state index contributed by atoms with van der Waals surface area (Å²) in [6, 6.07) is 9.96. The van der Waals surface area contributed by atoms with Crippen molar-refractivity contribution in [1.29, 1.82) is 0 Å². The first-order valence-corrected chi connectivity index (χ1v) is 6.89. The van der Waals surface area contributed by atoms with E-state index in [-0.39, 0.29) is 24.1 Å². The maximum Gasteiger partial charge on any atom is 0.433 e. The van der Waals surface area contributed by atoms with Crippen LogP contribution in [0.5, 0.6) is 0 Å². The van der Waals surface area contributed by atoms with Crippen LogP contribution in [0.4, 0.5) is 11.6 Å². The Kier molecular flexibility index (Phi) is 5.26. The van der Waals surface area contributed by atoms with Gasteiger partial charge in [-0.15, -0.1) is 0 Å². The zero-order chi connectivity index (χ0) is 15.9. The molecule has 2 aromatic rings. The van der Waals surface area contributed by atoms with Crippen LogP contribution in [0.3, 0.4) is 0 Å². The highest BCUT2D eigenvalue weighted by molar-refractivity contribution is 9.10. The van der Waals surface area contributed by atoms with Gasteiger partial charge in [0.15, 0.2) is 5.76 Å². The van der Waals surface area contributed by atoms with Crippen LogP contribution in [0.15, 0.2) is 50.4 Å². The standard InChI is InChI=1S/C13H11BrN4O4/c14-9-2-1-3-10(6-9)15-8-12(19)17-16-7-11-4-5-13(22-11)18(20)21/h1-7,15H,8H2,(H,17,19). The van der Waals surface area contributed by atoms with Gasteiger partial charge in [0.1, 0.15) is 4.92 Å². The van der Waals surface area contributed by atoms with Crippen molar-refractivity contribution >= 4 is 39.6 Å². The van der Waals surface area contributed by atoms with Gasteiger partial charge in [-0.05, 0) is 24.3 Å². The van der Waals surface area contributed by atoms with Gasteiger partial charge in [0.05, 0.1) is 18.8 Å². The highest BCUT2D eigenvalue weighted by atomic mass is 79.9. The number of hydrogen-bond acceptors (Lipinski definition) is 6. The number of halogens is 1. The predicted octanol–water partition coefficient (Wildman–Crippen LogP) is 2.51. The average molecular weight is 367 g/mol. The number of nitrogens with one attached hydrogen (secondary N) is 2. The number of amides is 1. The fourth-order valence-corrected chi connectivity index (χ4v) is 1.90. The van der Waals surface area contributed by atoms with E-state index < -0.39 is 4.92 Å². The van der Waals surface area contributed by atoms with Gasteiger partial charge in [0.25, 0.3) is 5.91 Å². The molecule has 0 unspecified atom stereocenters. The highest BCUT2D eigenvalue weighted by Crippen LogP contribution is 2.15. The van der Waals surface area contributed by atoms with Crippen LogP contribution in [0.1, 0.15) is 5.76 Å². The average Bonchev–Trinajstić information content (AvgIpc) is 2.94. The molecule has 0 radical (unpaired) electrons. The molecule has 8 nitrogen and oxygen atoms in total. The Morgan fingerprint density at radius 2 is 2.23 bits per heavy atom. The summed E-state index contributed by atoms with van der Waals surface area (Å²) in [6.45, 7) is 0.0338. The Hall–Kier alpha value is -2.68. The van der Waals surface area contributed by atoms with Crippen molar-refractivity contribution in [3.05, 3.63) is 56.7 Å². The molecule has 0 aliphatic rings. The second-order valence-electron chi connectivity index (χ2n) is 4.09. The van der Waals surface area contributed by atoms with Crippen molar-refractivity contribution in [2.24, 2.45) is 5.10 Å². The van der Waals surface area contributed by atoms with Crippen molar-refractivity contribution in [2.45, 2.75) is 0 Å². The molecule has 0 bridgehead atoms. The van der Waals surface area contributed by atoms with Gasteiger partial charge in [-0.1, -0.05) is 22.0 Å². The van der Waals surface area contributed by atoms with Crippen molar-refractivity contribution in [3.63, 3.8) is 0 Å². The lowest BCUT2D eigenvalue weighted by Crippen LogP contribution is -2.25. The monoisotopic (exact) mass is 366 g/mol. The van der Waals surface area contributed by atoms with Crippen molar-refractivity contribution in [3.8, 4) is 0 Å². The van der Waals surface area contributed by atoms with E-state index in [0.717, 1.165) is 10.2 Å². The van der Waals surface area contributed by atoms with Crippen molar-refractivity contribution in [1.82, 2.24) is 5.43 Å². The molecule has 1 amide bonds. The number of anilines is 1. The minimum Gasteiger partial charge on any atom is -0.400 e. The van der Waals surface area contributed by atoms with Crippen molar-refractivity contribution < 1.29 is 14.1 Å². The zero-order valence-electron chi connectivity index (χ0n) is 11.2. The Morgan fingerprint density at radius 1 is 1.41 bits per heavy atom. The number of rotatable bonds is 6. The number of carbonyl (C=O) groups excluding carboxylic acids is 1. The zero-order valence-corrected chi connectivity index (χ0v) is 12.7. The Balaban J connectivity index is 1.79. The molecule has 0 saturated heterocycles. The van der Waals surface area contributed by atoms with E-state index in [0.29, 0.717) is 0 Å². The van der Waals surface area contributed by atoms with Crippen LogP contribution < -0.4 is 10.7 Å². The van der Waals surface area contributed by atoms with Gasteiger partial charge in [-0.25, -0.2) is 5.43 Å². The molecule has 1 aromatic carbocycles. The van der Waals surface area contributed by atoms with Gasteiger partial charge in [-0.2, -0.15) is 5.10 Å². The molecular weight excluding hydrogens is 356 g/mol. The summed E-state index contributed by atoms with van der Waals surface area (Å²) in [5.41, 5.74) is 3.07. The molecule has 0 saturated carbocycles. The lowest BCUT2D eigenvalue weighted by Gasteiger charge is -2.05. The topological polar surface area (TPSA) is 110 Å². The summed E-state index contributed by atoms with van der Waals surface area (Å²) in [7, 11) is 0. The molecule has 114 valence electrons. The van der Waals surface area contributed by atoms with E-state index in [9.17, 15) is 14.9 Å². The molecular formula is C13H11BrN4O4. The number of furan rings is 1. The number of carbonyl (C=O) groups is 1. The van der Waals surface area contributed by atoms with Gasteiger partial charge in [0, 0.05) is 10.2 Å². The molecule has 0 atom stereocenters. The van der Waals surface area contributed by atoms with Crippen LogP contribution in [0.2, 0.25) is 0 Å². The smallest absolute Gasteiger partial charge is 0.400 e. The van der Waals surface area contributed by atoms with Crippen LogP contribution in [0.25, 0.3) is 0 Å². The highest BCUT2D eigenvalue weighted by Gasteiger charge is 2.10. The lowest BCUT2D eigenvalue weighted by molar-refractivity contribution is -0.402. The predicted molar refractivity (Wildman–Crippen MR) is 83.7 cm³/mol. The third kappa shape index (κ3) is 4.70. The molecule has 0 fully saturated rings. The summed E-state index contributed by atoms with van der Waals surface area (Å²) in [4.78, 5) is 21.3. The number of hydrazone groups is 1. The van der Waals surface area contributed by atoms with Crippen LogP contribution in [-0.2, 0) is 4.79 Å². The summed E-state index contributed by atoms with van der Waals surface area (Å²) >= 11 is 3.33. The first-order chi connectivity index (χ1) is 10.5. The van der Waals surface area contributed by atoms with E-state index in [1.165, 1.54) is 18.3 Å².